The summed E-state index contributed by atoms with van der Waals surface area (Å²) in [7, 11) is 0. The van der Waals surface area contributed by atoms with Gasteiger partial charge in [-0.05, 0) is 64.6 Å². The lowest BCUT2D eigenvalue weighted by atomic mass is 9.78. The highest BCUT2D eigenvalue weighted by Crippen LogP contribution is 2.35. The van der Waals surface area contributed by atoms with Crippen LogP contribution in [0.2, 0.25) is 0 Å². The summed E-state index contributed by atoms with van der Waals surface area (Å²) in [5.41, 5.74) is 0.0248. The summed E-state index contributed by atoms with van der Waals surface area (Å²) in [4.78, 5) is 2.63. The van der Waals surface area contributed by atoms with Crippen LogP contribution in [0.1, 0.15) is 59.3 Å². The van der Waals surface area contributed by atoms with Crippen molar-refractivity contribution in [2.75, 3.05) is 11.9 Å². The number of hydrogen-bond donors (Lipinski definition) is 1. The molecule has 4 nitrogen and oxygen atoms in total. The molecule has 2 heterocycles. The summed E-state index contributed by atoms with van der Waals surface area (Å²) in [5, 5.41) is 9.08. The first-order valence-electron chi connectivity index (χ1n) is 8.52. The topological polar surface area (TPSA) is 33.1 Å². The average Bonchev–Trinajstić information content (AvgIpc) is 2.77. The Morgan fingerprint density at radius 1 is 1.23 bits per heavy atom. The van der Waals surface area contributed by atoms with Crippen LogP contribution in [0.5, 0.6) is 0 Å². The van der Waals surface area contributed by atoms with Crippen LogP contribution >= 0.6 is 23.6 Å². The first kappa shape index (κ1) is 16.4. The number of rotatable bonds is 3. The zero-order valence-corrected chi connectivity index (χ0v) is 15.6. The SMILES string of the molecule is CC(C)(C)Nc1nn(CN2CCCC3CCCCC32)c(=S)s1. The van der Waals surface area contributed by atoms with Crippen molar-refractivity contribution in [1.82, 2.24) is 14.7 Å². The quantitative estimate of drug-likeness (QED) is 0.822. The second-order valence-corrected chi connectivity index (χ2v) is 9.38. The van der Waals surface area contributed by atoms with Crippen LogP contribution in [0.25, 0.3) is 0 Å². The monoisotopic (exact) mass is 340 g/mol. The van der Waals surface area contributed by atoms with Gasteiger partial charge in [-0.3, -0.25) is 4.90 Å². The van der Waals surface area contributed by atoms with Crippen molar-refractivity contribution in [2.24, 2.45) is 5.92 Å². The Bertz CT molecular complexity index is 555. The maximum Gasteiger partial charge on any atom is 0.205 e. The molecule has 124 valence electrons. The van der Waals surface area contributed by atoms with Gasteiger partial charge in [0.05, 0.1) is 6.67 Å². The maximum absolute atomic E-state index is 5.53. The number of nitrogens with zero attached hydrogens (tertiary/aromatic N) is 3. The number of piperidine rings is 1. The highest BCUT2D eigenvalue weighted by atomic mass is 32.1. The van der Waals surface area contributed by atoms with E-state index in [0.29, 0.717) is 0 Å². The van der Waals surface area contributed by atoms with Crippen molar-refractivity contribution >= 4 is 28.7 Å². The van der Waals surface area contributed by atoms with Crippen molar-refractivity contribution in [3.8, 4) is 0 Å². The fraction of sp³-hybridized carbons (Fsp3) is 0.875. The molecule has 0 aromatic carbocycles. The number of hydrogen-bond acceptors (Lipinski definition) is 5. The minimum absolute atomic E-state index is 0.0248. The predicted octanol–water partition coefficient (Wildman–Crippen LogP) is 4.50. The zero-order valence-electron chi connectivity index (χ0n) is 14.0. The summed E-state index contributed by atoms with van der Waals surface area (Å²) >= 11 is 7.12. The van der Waals surface area contributed by atoms with E-state index in [2.05, 4.69) is 31.0 Å². The van der Waals surface area contributed by atoms with Crippen LogP contribution in [-0.4, -0.2) is 32.8 Å². The number of aromatic nitrogens is 2. The molecule has 2 unspecified atom stereocenters. The Morgan fingerprint density at radius 3 is 2.73 bits per heavy atom. The van der Waals surface area contributed by atoms with E-state index in [-0.39, 0.29) is 5.54 Å². The second kappa shape index (κ2) is 6.57. The van der Waals surface area contributed by atoms with Gasteiger partial charge in [0.2, 0.25) is 5.13 Å². The fourth-order valence-corrected chi connectivity index (χ4v) is 5.04. The second-order valence-electron chi connectivity index (χ2n) is 7.76. The van der Waals surface area contributed by atoms with Gasteiger partial charge in [-0.25, -0.2) is 4.68 Å². The Labute approximate surface area is 142 Å². The third-order valence-corrected chi connectivity index (χ3v) is 5.99. The van der Waals surface area contributed by atoms with Crippen LogP contribution < -0.4 is 5.32 Å². The van der Waals surface area contributed by atoms with Crippen molar-refractivity contribution in [2.45, 2.75) is 77.5 Å². The van der Waals surface area contributed by atoms with Gasteiger partial charge in [-0.2, -0.15) is 0 Å². The Kier molecular flexibility index (Phi) is 4.90. The van der Waals surface area contributed by atoms with Crippen LogP contribution in [-0.2, 0) is 6.67 Å². The molecule has 1 saturated carbocycles. The van der Waals surface area contributed by atoms with E-state index in [1.165, 1.54) is 45.1 Å². The van der Waals surface area contributed by atoms with Crippen molar-refractivity contribution in [3.63, 3.8) is 0 Å². The normalized spacial score (nSPS) is 26.7. The lowest BCUT2D eigenvalue weighted by Gasteiger charge is -2.43. The summed E-state index contributed by atoms with van der Waals surface area (Å²) in [6.07, 6.45) is 8.32. The molecule has 0 radical (unpaired) electrons. The molecule has 3 rings (SSSR count). The molecule has 2 atom stereocenters. The highest BCUT2D eigenvalue weighted by molar-refractivity contribution is 7.73. The Balaban J connectivity index is 1.71. The van der Waals surface area contributed by atoms with E-state index >= 15 is 0 Å². The van der Waals surface area contributed by atoms with Gasteiger partial charge in [-0.15, -0.1) is 5.10 Å². The van der Waals surface area contributed by atoms with E-state index in [1.807, 2.05) is 4.68 Å². The average molecular weight is 341 g/mol. The summed E-state index contributed by atoms with van der Waals surface area (Å²) in [5.74, 6) is 0.905. The number of nitrogens with one attached hydrogen (secondary N) is 1. The van der Waals surface area contributed by atoms with E-state index < -0.39 is 0 Å². The van der Waals surface area contributed by atoms with E-state index in [1.54, 1.807) is 11.3 Å². The molecule has 22 heavy (non-hydrogen) atoms. The van der Waals surface area contributed by atoms with Gasteiger partial charge in [-0.1, -0.05) is 24.2 Å². The van der Waals surface area contributed by atoms with Crippen LogP contribution in [0.4, 0.5) is 5.13 Å². The molecule has 1 N–H and O–H groups in total. The van der Waals surface area contributed by atoms with E-state index in [9.17, 15) is 0 Å². The largest absolute Gasteiger partial charge is 0.356 e. The lowest BCUT2D eigenvalue weighted by molar-refractivity contribution is 0.0327. The molecule has 2 aliphatic rings. The molecular formula is C16H28N4S2. The first-order valence-corrected chi connectivity index (χ1v) is 9.75. The Morgan fingerprint density at radius 2 is 1.95 bits per heavy atom. The van der Waals surface area contributed by atoms with Gasteiger partial charge < -0.3 is 5.32 Å². The van der Waals surface area contributed by atoms with Gasteiger partial charge in [0, 0.05) is 18.1 Å². The Hall–Kier alpha value is -0.460. The summed E-state index contributed by atoms with van der Waals surface area (Å²) < 4.78 is 2.90. The molecule has 0 spiro atoms. The summed E-state index contributed by atoms with van der Waals surface area (Å²) in [6.45, 7) is 8.52. The smallest absolute Gasteiger partial charge is 0.205 e. The number of anilines is 1. The van der Waals surface area contributed by atoms with Crippen LogP contribution in [0.15, 0.2) is 0 Å². The minimum Gasteiger partial charge on any atom is -0.356 e. The highest BCUT2D eigenvalue weighted by Gasteiger charge is 2.33. The summed E-state index contributed by atoms with van der Waals surface area (Å²) in [6, 6.07) is 0.755. The maximum atomic E-state index is 5.53. The third-order valence-electron chi connectivity index (χ3n) is 4.76. The van der Waals surface area contributed by atoms with Gasteiger partial charge >= 0.3 is 0 Å². The molecular weight excluding hydrogens is 312 g/mol. The molecule has 1 aromatic heterocycles. The number of likely N-dealkylation sites (tertiary alicyclic amines) is 1. The predicted molar refractivity (Wildman–Crippen MR) is 96.0 cm³/mol. The van der Waals surface area contributed by atoms with Crippen LogP contribution in [0, 0.1) is 9.87 Å². The molecule has 1 aromatic rings. The van der Waals surface area contributed by atoms with Crippen LogP contribution in [0.3, 0.4) is 0 Å². The van der Waals surface area contributed by atoms with E-state index in [4.69, 9.17) is 17.3 Å². The lowest BCUT2D eigenvalue weighted by Crippen LogP contribution is -2.47. The fourth-order valence-electron chi connectivity index (χ4n) is 3.84. The van der Waals surface area contributed by atoms with Crippen molar-refractivity contribution in [3.05, 3.63) is 3.95 Å². The molecule has 1 saturated heterocycles. The first-order chi connectivity index (χ1) is 10.4. The van der Waals surface area contributed by atoms with Gasteiger partial charge in [0.25, 0.3) is 0 Å². The molecule has 0 bridgehead atoms. The molecule has 0 amide bonds. The van der Waals surface area contributed by atoms with E-state index in [0.717, 1.165) is 27.7 Å². The molecule has 2 fully saturated rings. The molecule has 1 aliphatic heterocycles. The van der Waals surface area contributed by atoms with Crippen molar-refractivity contribution in [1.29, 1.82) is 0 Å². The van der Waals surface area contributed by atoms with Gasteiger partial charge in [0.15, 0.2) is 3.95 Å². The minimum atomic E-state index is 0.0248. The standard InChI is InChI=1S/C16H28N4S2/c1-16(2,3)17-14-18-20(15(21)22-14)11-19-10-6-8-12-7-4-5-9-13(12)19/h12-13H,4-11H2,1-3H3,(H,17,18). The third kappa shape index (κ3) is 3.89. The van der Waals surface area contributed by atoms with Gasteiger partial charge in [0.1, 0.15) is 0 Å². The molecule has 6 heteroatoms. The molecule has 1 aliphatic carbocycles. The number of fused-ring (bicyclic) bond motifs is 1. The van der Waals surface area contributed by atoms with Crippen molar-refractivity contribution < 1.29 is 0 Å². The zero-order chi connectivity index (χ0) is 15.7.